The van der Waals surface area contributed by atoms with Gasteiger partial charge >= 0.3 is 5.97 Å². The van der Waals surface area contributed by atoms with Crippen LogP contribution in [0.1, 0.15) is 33.3 Å². The number of carboxylic acid groups (broad SMARTS) is 1. The van der Waals surface area contributed by atoms with Gasteiger partial charge in [-0.3, -0.25) is 4.79 Å². The van der Waals surface area contributed by atoms with Gasteiger partial charge in [-0.25, -0.2) is 9.78 Å². The molecule has 2 N–H and O–H groups in total. The minimum absolute atomic E-state index is 0.0133. The molecule has 2 aromatic rings. The Morgan fingerprint density at radius 1 is 1.47 bits per heavy atom. The number of amides is 1. The summed E-state index contributed by atoms with van der Waals surface area (Å²) in [5, 5.41) is 15.6. The third-order valence-corrected chi connectivity index (χ3v) is 4.31. The quantitative estimate of drug-likeness (QED) is 0.887. The van der Waals surface area contributed by atoms with Crippen LogP contribution >= 0.6 is 22.7 Å². The molecule has 0 aliphatic rings. The first-order valence-electron chi connectivity index (χ1n) is 5.56. The lowest BCUT2D eigenvalue weighted by molar-refractivity contribution is -0.121. The summed E-state index contributed by atoms with van der Waals surface area (Å²) >= 11 is 2.76. The highest BCUT2D eigenvalue weighted by Gasteiger charge is 2.16. The lowest BCUT2D eigenvalue weighted by Gasteiger charge is -2.10. The molecule has 2 rings (SSSR count). The zero-order valence-electron chi connectivity index (χ0n) is 10.1. The number of thiazole rings is 1. The molecule has 0 saturated heterocycles. The third kappa shape index (κ3) is 3.62. The molecule has 1 amide bonds. The number of thiophene rings is 1. The second-order valence-corrected chi connectivity index (χ2v) is 5.84. The monoisotopic (exact) mass is 296 g/mol. The van der Waals surface area contributed by atoms with Gasteiger partial charge in [0.2, 0.25) is 5.91 Å². The fraction of sp³-hybridized carbons (Fsp3) is 0.250. The number of hydrogen-bond acceptors (Lipinski definition) is 5. The Morgan fingerprint density at radius 2 is 2.26 bits per heavy atom. The van der Waals surface area contributed by atoms with Crippen molar-refractivity contribution < 1.29 is 14.7 Å². The molecule has 1 unspecified atom stereocenters. The molecule has 0 radical (unpaired) electrons. The van der Waals surface area contributed by atoms with Crippen molar-refractivity contribution in [1.82, 2.24) is 10.3 Å². The van der Waals surface area contributed by atoms with Crippen molar-refractivity contribution in [1.29, 1.82) is 0 Å². The summed E-state index contributed by atoms with van der Waals surface area (Å²) in [4.78, 5) is 27.5. The Morgan fingerprint density at radius 3 is 2.84 bits per heavy atom. The van der Waals surface area contributed by atoms with E-state index in [1.54, 1.807) is 6.92 Å². The van der Waals surface area contributed by atoms with Crippen molar-refractivity contribution in [3.05, 3.63) is 38.5 Å². The van der Waals surface area contributed by atoms with Crippen molar-refractivity contribution in [2.75, 3.05) is 0 Å². The maximum atomic E-state index is 11.8. The summed E-state index contributed by atoms with van der Waals surface area (Å²) < 4.78 is 0. The highest BCUT2D eigenvalue weighted by Crippen LogP contribution is 2.18. The average molecular weight is 296 g/mol. The maximum absolute atomic E-state index is 11.8. The Kier molecular flexibility index (Phi) is 4.28. The van der Waals surface area contributed by atoms with Crippen molar-refractivity contribution in [3.63, 3.8) is 0 Å². The van der Waals surface area contributed by atoms with Gasteiger partial charge in [0.15, 0.2) is 5.69 Å². The largest absolute Gasteiger partial charge is 0.476 e. The molecule has 100 valence electrons. The number of nitrogens with one attached hydrogen (secondary N) is 1. The van der Waals surface area contributed by atoms with Crippen LogP contribution in [0.15, 0.2) is 22.9 Å². The van der Waals surface area contributed by atoms with Crippen molar-refractivity contribution in [3.8, 4) is 0 Å². The fourth-order valence-electron chi connectivity index (χ4n) is 1.51. The van der Waals surface area contributed by atoms with E-state index in [0.717, 1.165) is 4.88 Å². The van der Waals surface area contributed by atoms with Gasteiger partial charge in [0.1, 0.15) is 5.01 Å². The van der Waals surface area contributed by atoms with Gasteiger partial charge in [0, 0.05) is 10.3 Å². The van der Waals surface area contributed by atoms with E-state index in [1.807, 2.05) is 17.5 Å². The number of rotatable bonds is 5. The predicted octanol–water partition coefficient (Wildman–Crippen LogP) is 2.32. The molecule has 7 heteroatoms. The summed E-state index contributed by atoms with van der Waals surface area (Å²) in [5.74, 6) is -1.15. The zero-order valence-corrected chi connectivity index (χ0v) is 11.8. The number of carbonyl (C=O) groups excluding carboxylic acids is 1. The van der Waals surface area contributed by atoms with Crippen molar-refractivity contribution >= 4 is 34.6 Å². The predicted molar refractivity (Wildman–Crippen MR) is 73.7 cm³/mol. The molecule has 0 fully saturated rings. The van der Waals surface area contributed by atoms with Gasteiger partial charge in [0.05, 0.1) is 12.5 Å². The van der Waals surface area contributed by atoms with Gasteiger partial charge in [0.25, 0.3) is 0 Å². The van der Waals surface area contributed by atoms with Crippen molar-refractivity contribution in [2.24, 2.45) is 0 Å². The minimum Gasteiger partial charge on any atom is -0.476 e. The molecule has 5 nitrogen and oxygen atoms in total. The Bertz CT molecular complexity index is 578. The van der Waals surface area contributed by atoms with Crippen LogP contribution in [0.5, 0.6) is 0 Å². The van der Waals surface area contributed by atoms with E-state index < -0.39 is 5.97 Å². The zero-order chi connectivity index (χ0) is 13.8. The molecule has 0 aliphatic heterocycles. The van der Waals surface area contributed by atoms with Gasteiger partial charge in [-0.05, 0) is 18.4 Å². The van der Waals surface area contributed by atoms with Crippen LogP contribution in [0.25, 0.3) is 0 Å². The number of carboxylic acids is 1. The number of carbonyl (C=O) groups is 2. The van der Waals surface area contributed by atoms with Gasteiger partial charge in [-0.1, -0.05) is 6.07 Å². The molecule has 2 heterocycles. The lowest BCUT2D eigenvalue weighted by atomic mass is 10.3. The van der Waals surface area contributed by atoms with E-state index in [4.69, 9.17) is 5.11 Å². The van der Waals surface area contributed by atoms with E-state index in [0.29, 0.717) is 11.4 Å². The first kappa shape index (κ1) is 13.7. The van der Waals surface area contributed by atoms with Gasteiger partial charge in [-0.15, -0.1) is 22.7 Å². The minimum atomic E-state index is -1.06. The summed E-state index contributed by atoms with van der Waals surface area (Å²) in [6, 6.07) is 3.52. The number of hydrogen-bond donors (Lipinski definition) is 2. The molecular formula is C12H12N2O3S2. The lowest BCUT2D eigenvalue weighted by Crippen LogP contribution is -2.27. The SMILES string of the molecule is CC(NC(=O)Cc1cccs1)c1nc(C(=O)O)cs1. The topological polar surface area (TPSA) is 79.3 Å². The molecule has 0 saturated carbocycles. The van der Waals surface area contributed by atoms with Crippen LogP contribution in [-0.4, -0.2) is 22.0 Å². The van der Waals surface area contributed by atoms with Gasteiger partial charge < -0.3 is 10.4 Å². The van der Waals surface area contributed by atoms with Crippen LogP contribution in [0.4, 0.5) is 0 Å². The first-order valence-corrected chi connectivity index (χ1v) is 7.32. The van der Waals surface area contributed by atoms with Crippen LogP contribution in [0.2, 0.25) is 0 Å². The van der Waals surface area contributed by atoms with Gasteiger partial charge in [-0.2, -0.15) is 0 Å². The molecule has 2 aromatic heterocycles. The smallest absolute Gasteiger partial charge is 0.355 e. The fourth-order valence-corrected chi connectivity index (χ4v) is 3.01. The third-order valence-electron chi connectivity index (χ3n) is 2.40. The highest BCUT2D eigenvalue weighted by atomic mass is 32.1. The summed E-state index contributed by atoms with van der Waals surface area (Å²) in [7, 11) is 0. The molecule has 0 spiro atoms. The molecule has 1 atom stereocenters. The molecule has 0 aromatic carbocycles. The molecule has 19 heavy (non-hydrogen) atoms. The highest BCUT2D eigenvalue weighted by molar-refractivity contribution is 7.10. The Balaban J connectivity index is 1.94. The van der Waals surface area contributed by atoms with Crippen LogP contribution < -0.4 is 5.32 Å². The first-order chi connectivity index (χ1) is 9.06. The second-order valence-electron chi connectivity index (χ2n) is 3.92. The normalized spacial score (nSPS) is 12.1. The number of aromatic carboxylic acids is 1. The molecule has 0 aliphatic carbocycles. The van der Waals surface area contributed by atoms with E-state index in [2.05, 4.69) is 10.3 Å². The number of aromatic nitrogens is 1. The van der Waals surface area contributed by atoms with Crippen molar-refractivity contribution in [2.45, 2.75) is 19.4 Å². The van der Waals surface area contributed by atoms with E-state index in [-0.39, 0.29) is 17.6 Å². The van der Waals surface area contributed by atoms with E-state index >= 15 is 0 Å². The average Bonchev–Trinajstić information content (AvgIpc) is 2.98. The van der Waals surface area contributed by atoms with E-state index in [9.17, 15) is 9.59 Å². The van der Waals surface area contributed by atoms with Crippen LogP contribution in [-0.2, 0) is 11.2 Å². The van der Waals surface area contributed by atoms with E-state index in [1.165, 1.54) is 28.1 Å². The summed E-state index contributed by atoms with van der Waals surface area (Å²) in [6.07, 6.45) is 0.333. The van der Waals surface area contributed by atoms with Crippen LogP contribution in [0, 0.1) is 0 Å². The summed E-state index contributed by atoms with van der Waals surface area (Å²) in [6.45, 7) is 1.79. The molecular weight excluding hydrogens is 284 g/mol. The Labute approximate surface area is 117 Å². The Hall–Kier alpha value is -1.73. The number of nitrogens with zero attached hydrogens (tertiary/aromatic N) is 1. The molecule has 0 bridgehead atoms. The second kappa shape index (κ2) is 5.94. The summed E-state index contributed by atoms with van der Waals surface area (Å²) in [5.41, 5.74) is 0.0133. The standard InChI is InChI=1S/C12H12N2O3S2/c1-7(11-14-9(6-19-11)12(16)17)13-10(15)5-8-3-2-4-18-8/h2-4,6-7H,5H2,1H3,(H,13,15)(H,16,17). The van der Waals surface area contributed by atoms with Crippen LogP contribution in [0.3, 0.4) is 0 Å². The maximum Gasteiger partial charge on any atom is 0.355 e.